The van der Waals surface area contributed by atoms with Gasteiger partial charge >= 0.3 is 0 Å². The second kappa shape index (κ2) is 8.20. The van der Waals surface area contributed by atoms with Gasteiger partial charge < -0.3 is 20.9 Å². The van der Waals surface area contributed by atoms with E-state index in [0.29, 0.717) is 17.3 Å². The molecule has 4 rings (SSSR count). The lowest BCUT2D eigenvalue weighted by Crippen LogP contribution is -2.47. The number of benzene rings is 1. The molecule has 0 aliphatic carbocycles. The third kappa shape index (κ3) is 4.13. The average molecular weight is 461 g/mol. The summed E-state index contributed by atoms with van der Waals surface area (Å²) in [7, 11) is 0. The van der Waals surface area contributed by atoms with Crippen molar-refractivity contribution in [3.05, 3.63) is 58.4 Å². The Balaban J connectivity index is 1.47. The van der Waals surface area contributed by atoms with E-state index in [1.165, 1.54) is 6.33 Å². The first-order valence-electron chi connectivity index (χ1n) is 8.84. The smallest absolute Gasteiger partial charge is 0.160 e. The fourth-order valence-electron chi connectivity index (χ4n) is 3.16. The van der Waals surface area contributed by atoms with Crippen molar-refractivity contribution in [1.82, 2.24) is 15.0 Å². The Kier molecular flexibility index (Phi) is 5.50. The van der Waals surface area contributed by atoms with Gasteiger partial charge in [-0.1, -0.05) is 17.7 Å². The van der Waals surface area contributed by atoms with Crippen LogP contribution in [0.5, 0.6) is 0 Å². The minimum atomic E-state index is 0.517. The molecule has 9 heteroatoms. The zero-order chi connectivity index (χ0) is 19.5. The van der Waals surface area contributed by atoms with Gasteiger partial charge in [0.2, 0.25) is 0 Å². The molecule has 2 aromatic heterocycles. The lowest BCUT2D eigenvalue weighted by molar-refractivity contribution is 0.647. The third-order valence-electron chi connectivity index (χ3n) is 4.59. The van der Waals surface area contributed by atoms with Gasteiger partial charge in [0.25, 0.3) is 0 Å². The van der Waals surface area contributed by atoms with Gasteiger partial charge in [-0.3, -0.25) is 0 Å². The van der Waals surface area contributed by atoms with Gasteiger partial charge in [0, 0.05) is 47.6 Å². The fraction of sp³-hybridized carbons (Fsp3) is 0.211. The van der Waals surface area contributed by atoms with Crippen molar-refractivity contribution < 1.29 is 0 Å². The largest absolute Gasteiger partial charge is 0.393 e. The van der Waals surface area contributed by atoms with Crippen LogP contribution >= 0.6 is 27.5 Å². The zero-order valence-corrected chi connectivity index (χ0v) is 17.4. The summed E-state index contributed by atoms with van der Waals surface area (Å²) >= 11 is 9.49. The summed E-state index contributed by atoms with van der Waals surface area (Å²) in [5.74, 6) is 1.96. The summed E-state index contributed by atoms with van der Waals surface area (Å²) in [5, 5.41) is 3.91. The van der Waals surface area contributed by atoms with Crippen LogP contribution in [0.3, 0.4) is 0 Å². The Bertz CT molecular complexity index is 959. The molecule has 1 aliphatic heterocycles. The first kappa shape index (κ1) is 18.8. The minimum Gasteiger partial charge on any atom is -0.393 e. The van der Waals surface area contributed by atoms with Crippen LogP contribution in [0.2, 0.25) is 5.02 Å². The molecule has 0 unspecified atom stereocenters. The summed E-state index contributed by atoms with van der Waals surface area (Å²) in [6.45, 7) is 3.34. The molecule has 0 atom stereocenters. The predicted octanol–water partition coefficient (Wildman–Crippen LogP) is 3.94. The molecule has 1 saturated heterocycles. The van der Waals surface area contributed by atoms with Crippen molar-refractivity contribution in [2.24, 2.45) is 0 Å². The summed E-state index contributed by atoms with van der Waals surface area (Å²) in [6.07, 6.45) is 3.24. The Hall–Kier alpha value is -2.58. The van der Waals surface area contributed by atoms with Gasteiger partial charge in [-0.05, 0) is 46.3 Å². The van der Waals surface area contributed by atoms with Crippen molar-refractivity contribution in [3.63, 3.8) is 0 Å². The predicted molar refractivity (Wildman–Crippen MR) is 118 cm³/mol. The molecule has 3 N–H and O–H groups in total. The molecule has 144 valence electrons. The van der Waals surface area contributed by atoms with Gasteiger partial charge in [-0.2, -0.15) is 0 Å². The van der Waals surface area contributed by atoms with E-state index in [4.69, 9.17) is 17.3 Å². The summed E-state index contributed by atoms with van der Waals surface area (Å²) < 4.78 is 0.909. The lowest BCUT2D eigenvalue weighted by Gasteiger charge is -2.37. The number of nitrogens with one attached hydrogen (secondary N) is 1. The van der Waals surface area contributed by atoms with Crippen molar-refractivity contribution in [2.75, 3.05) is 47.0 Å². The van der Waals surface area contributed by atoms with Crippen LogP contribution in [0.25, 0.3) is 0 Å². The maximum Gasteiger partial charge on any atom is 0.160 e. The van der Waals surface area contributed by atoms with Crippen molar-refractivity contribution >= 4 is 56.4 Å². The Morgan fingerprint density at radius 3 is 2.50 bits per heavy atom. The molecule has 28 heavy (non-hydrogen) atoms. The number of hydrogen-bond donors (Lipinski definition) is 2. The highest BCUT2D eigenvalue weighted by atomic mass is 79.9. The lowest BCUT2D eigenvalue weighted by atomic mass is 10.2. The Labute approximate surface area is 176 Å². The van der Waals surface area contributed by atoms with Crippen molar-refractivity contribution in [1.29, 1.82) is 0 Å². The molecule has 3 aromatic rings. The second-order valence-corrected chi connectivity index (χ2v) is 7.75. The quantitative estimate of drug-likeness (QED) is 0.610. The molecule has 0 amide bonds. The monoisotopic (exact) mass is 459 g/mol. The van der Waals surface area contributed by atoms with Crippen LogP contribution in [0.4, 0.5) is 28.8 Å². The molecule has 3 heterocycles. The number of nitrogen functional groups attached to an aromatic ring is 1. The van der Waals surface area contributed by atoms with E-state index in [1.807, 2.05) is 30.3 Å². The molecule has 0 saturated carbocycles. The standard InChI is InChI=1S/C19H19BrClN7/c20-13-4-5-16(23-11-13)26-18-17(22)19(25-12-24-18)28-8-6-27(7-9-28)15-3-1-2-14(21)10-15/h1-5,10-12H,6-9,22H2,(H,23,24,25,26). The van der Waals surface area contributed by atoms with E-state index in [2.05, 4.69) is 52.1 Å². The van der Waals surface area contributed by atoms with E-state index in [-0.39, 0.29) is 0 Å². The topological polar surface area (TPSA) is 83.2 Å². The van der Waals surface area contributed by atoms with Gasteiger partial charge in [-0.15, -0.1) is 0 Å². The average Bonchev–Trinajstić information content (AvgIpc) is 2.71. The summed E-state index contributed by atoms with van der Waals surface area (Å²) in [5.41, 5.74) is 8.01. The van der Waals surface area contributed by atoms with E-state index in [9.17, 15) is 0 Å². The number of aromatic nitrogens is 3. The van der Waals surface area contributed by atoms with Crippen molar-refractivity contribution in [3.8, 4) is 0 Å². The fourth-order valence-corrected chi connectivity index (χ4v) is 3.58. The van der Waals surface area contributed by atoms with Gasteiger partial charge in [-0.25, -0.2) is 15.0 Å². The van der Waals surface area contributed by atoms with Crippen LogP contribution in [0.15, 0.2) is 53.4 Å². The van der Waals surface area contributed by atoms with Gasteiger partial charge in [0.15, 0.2) is 11.6 Å². The molecular formula is C19H19BrClN7. The maximum absolute atomic E-state index is 6.36. The number of piperazine rings is 1. The second-order valence-electron chi connectivity index (χ2n) is 6.40. The molecule has 0 spiro atoms. The number of hydrogen-bond acceptors (Lipinski definition) is 7. The number of pyridine rings is 1. The van der Waals surface area contributed by atoms with Crippen molar-refractivity contribution in [2.45, 2.75) is 0 Å². The first-order chi connectivity index (χ1) is 13.6. The van der Waals surface area contributed by atoms with E-state index >= 15 is 0 Å². The first-order valence-corrected chi connectivity index (χ1v) is 10.0. The third-order valence-corrected chi connectivity index (χ3v) is 5.29. The van der Waals surface area contributed by atoms with Crippen LogP contribution in [-0.2, 0) is 0 Å². The van der Waals surface area contributed by atoms with Crippen LogP contribution in [-0.4, -0.2) is 41.1 Å². The van der Waals surface area contributed by atoms with Gasteiger partial charge in [0.05, 0.1) is 0 Å². The molecule has 1 aliphatic rings. The molecule has 7 nitrogen and oxygen atoms in total. The van der Waals surface area contributed by atoms with E-state index < -0.39 is 0 Å². The van der Waals surface area contributed by atoms with Crippen LogP contribution in [0, 0.1) is 0 Å². The number of anilines is 5. The van der Waals surface area contributed by atoms with Crippen LogP contribution < -0.4 is 20.9 Å². The normalized spacial score (nSPS) is 14.2. The molecule has 0 radical (unpaired) electrons. The number of nitrogens with zero attached hydrogens (tertiary/aromatic N) is 5. The number of nitrogens with two attached hydrogens (primary N) is 1. The highest BCUT2D eigenvalue weighted by Crippen LogP contribution is 2.29. The number of halogens is 2. The molecule has 1 aromatic carbocycles. The van der Waals surface area contributed by atoms with E-state index in [0.717, 1.165) is 47.2 Å². The van der Waals surface area contributed by atoms with Crippen LogP contribution in [0.1, 0.15) is 0 Å². The highest BCUT2D eigenvalue weighted by molar-refractivity contribution is 9.10. The minimum absolute atomic E-state index is 0.517. The Morgan fingerprint density at radius 2 is 1.79 bits per heavy atom. The SMILES string of the molecule is Nc1c(Nc2ccc(Br)cn2)ncnc1N1CCN(c2cccc(Cl)c2)CC1. The summed E-state index contributed by atoms with van der Waals surface area (Å²) in [4.78, 5) is 17.5. The Morgan fingerprint density at radius 1 is 1.00 bits per heavy atom. The summed E-state index contributed by atoms with van der Waals surface area (Å²) in [6, 6.07) is 11.7. The molecule has 0 bridgehead atoms. The zero-order valence-electron chi connectivity index (χ0n) is 15.0. The molecular weight excluding hydrogens is 442 g/mol. The number of rotatable bonds is 4. The highest BCUT2D eigenvalue weighted by Gasteiger charge is 2.21. The molecule has 1 fully saturated rings. The van der Waals surface area contributed by atoms with E-state index in [1.54, 1.807) is 6.20 Å². The maximum atomic E-state index is 6.36. The van der Waals surface area contributed by atoms with Gasteiger partial charge in [0.1, 0.15) is 17.8 Å².